The Morgan fingerprint density at radius 3 is 2.62 bits per heavy atom. The number of aliphatic imine (C=N–C) groups is 1. The molecule has 0 N–H and O–H groups in total. The Balaban J connectivity index is 1.40. The standard InChI is InChI=1S/C26H34N6OS/c1-19-25(20(2)33-28-19)21-7-8-24-22(16-21)17-27-26(32(24)18-23-6-5-15-34-23)31-13-11-30(12-14-31)10-9-29(3)4/h5-8,15-17,26H,9-14,18H2,1-4H3. The second kappa shape index (κ2) is 10.00. The number of hydrogen-bond acceptors (Lipinski definition) is 8. The lowest BCUT2D eigenvalue weighted by atomic mass is 9.99. The molecule has 1 unspecified atom stereocenters. The maximum Gasteiger partial charge on any atom is 0.179 e. The summed E-state index contributed by atoms with van der Waals surface area (Å²) >= 11 is 1.81. The Morgan fingerprint density at radius 2 is 1.94 bits per heavy atom. The molecule has 1 aromatic carbocycles. The molecule has 7 nitrogen and oxygen atoms in total. The third kappa shape index (κ3) is 4.81. The van der Waals surface area contributed by atoms with E-state index in [4.69, 9.17) is 9.52 Å². The molecule has 1 saturated heterocycles. The van der Waals surface area contributed by atoms with Gasteiger partial charge in [-0.05, 0) is 57.1 Å². The van der Waals surface area contributed by atoms with Crippen molar-refractivity contribution in [3.63, 3.8) is 0 Å². The summed E-state index contributed by atoms with van der Waals surface area (Å²) in [6, 6.07) is 11.0. The van der Waals surface area contributed by atoms with Gasteiger partial charge in [0.25, 0.3) is 0 Å². The van der Waals surface area contributed by atoms with E-state index in [1.807, 2.05) is 25.2 Å². The summed E-state index contributed by atoms with van der Waals surface area (Å²) in [7, 11) is 4.29. The molecular weight excluding hydrogens is 444 g/mol. The molecule has 2 aliphatic heterocycles. The number of piperazine rings is 1. The molecule has 8 heteroatoms. The fourth-order valence-electron chi connectivity index (χ4n) is 4.91. The van der Waals surface area contributed by atoms with Crippen molar-refractivity contribution in [1.82, 2.24) is 19.9 Å². The van der Waals surface area contributed by atoms with Gasteiger partial charge in [-0.3, -0.25) is 14.8 Å². The predicted octanol–water partition coefficient (Wildman–Crippen LogP) is 3.92. The minimum absolute atomic E-state index is 0.0236. The van der Waals surface area contributed by atoms with Crippen molar-refractivity contribution in [2.75, 3.05) is 58.3 Å². The van der Waals surface area contributed by atoms with E-state index in [9.17, 15) is 0 Å². The number of likely N-dealkylation sites (N-methyl/N-ethyl adjacent to an activating group) is 1. The van der Waals surface area contributed by atoms with E-state index >= 15 is 0 Å². The molecule has 0 saturated carbocycles. The molecule has 4 heterocycles. The molecule has 2 aromatic heterocycles. The zero-order valence-electron chi connectivity index (χ0n) is 20.6. The number of thiophene rings is 1. The van der Waals surface area contributed by atoms with Crippen LogP contribution in [0.5, 0.6) is 0 Å². The number of benzene rings is 1. The topological polar surface area (TPSA) is 51.4 Å². The van der Waals surface area contributed by atoms with Crippen LogP contribution in [-0.4, -0.2) is 85.7 Å². The van der Waals surface area contributed by atoms with Gasteiger partial charge in [-0.15, -0.1) is 11.3 Å². The van der Waals surface area contributed by atoms with E-state index in [0.29, 0.717) is 0 Å². The van der Waals surface area contributed by atoms with E-state index in [2.05, 4.69) is 80.8 Å². The van der Waals surface area contributed by atoms with E-state index in [1.54, 1.807) is 0 Å². The molecule has 34 heavy (non-hydrogen) atoms. The largest absolute Gasteiger partial charge is 0.361 e. The first-order valence-electron chi connectivity index (χ1n) is 12.0. The Bertz CT molecular complexity index is 1110. The SMILES string of the molecule is Cc1noc(C)c1-c1ccc2c(c1)C=NC(N1CCN(CCN(C)C)CC1)N2Cc1cccs1. The van der Waals surface area contributed by atoms with Crippen molar-refractivity contribution in [2.45, 2.75) is 26.7 Å². The molecule has 0 aliphatic carbocycles. The Labute approximate surface area is 206 Å². The molecule has 0 bridgehead atoms. The van der Waals surface area contributed by atoms with Crippen LogP contribution in [0.1, 0.15) is 21.9 Å². The first-order chi connectivity index (χ1) is 16.5. The van der Waals surface area contributed by atoms with E-state index in [1.165, 1.54) is 10.6 Å². The highest BCUT2D eigenvalue weighted by Crippen LogP contribution is 2.35. The van der Waals surface area contributed by atoms with Gasteiger partial charge in [0.2, 0.25) is 0 Å². The van der Waals surface area contributed by atoms with Gasteiger partial charge in [-0.1, -0.05) is 17.3 Å². The minimum Gasteiger partial charge on any atom is -0.361 e. The highest BCUT2D eigenvalue weighted by atomic mass is 32.1. The first-order valence-corrected chi connectivity index (χ1v) is 12.9. The number of aromatic nitrogens is 1. The van der Waals surface area contributed by atoms with Crippen LogP contribution < -0.4 is 4.90 Å². The van der Waals surface area contributed by atoms with Gasteiger partial charge in [-0.2, -0.15) is 0 Å². The van der Waals surface area contributed by atoms with Crippen LogP contribution in [-0.2, 0) is 6.54 Å². The molecule has 1 atom stereocenters. The van der Waals surface area contributed by atoms with Crippen molar-refractivity contribution in [3.8, 4) is 11.1 Å². The molecule has 2 aliphatic rings. The second-order valence-electron chi connectivity index (χ2n) is 9.49. The summed E-state index contributed by atoms with van der Waals surface area (Å²) in [5, 5.41) is 6.30. The third-order valence-electron chi connectivity index (χ3n) is 6.79. The zero-order valence-corrected chi connectivity index (χ0v) is 21.4. The Kier molecular flexibility index (Phi) is 6.83. The molecule has 0 spiro atoms. The molecule has 3 aromatic rings. The first kappa shape index (κ1) is 23.2. The van der Waals surface area contributed by atoms with Crippen LogP contribution in [0.2, 0.25) is 0 Å². The van der Waals surface area contributed by atoms with Gasteiger partial charge in [0.05, 0.1) is 12.2 Å². The number of nitrogens with zero attached hydrogens (tertiary/aromatic N) is 6. The number of fused-ring (bicyclic) bond motifs is 1. The monoisotopic (exact) mass is 478 g/mol. The molecule has 0 radical (unpaired) electrons. The maximum atomic E-state index is 5.41. The third-order valence-corrected chi connectivity index (χ3v) is 7.65. The average molecular weight is 479 g/mol. The van der Waals surface area contributed by atoms with Gasteiger partial charge in [-0.25, -0.2) is 0 Å². The highest BCUT2D eigenvalue weighted by molar-refractivity contribution is 7.09. The van der Waals surface area contributed by atoms with Gasteiger partial charge in [0.1, 0.15) is 5.76 Å². The summed E-state index contributed by atoms with van der Waals surface area (Å²) in [5.74, 6) is 0.852. The van der Waals surface area contributed by atoms with Crippen molar-refractivity contribution in [2.24, 2.45) is 4.99 Å². The lowest BCUT2D eigenvalue weighted by molar-refractivity contribution is 0.0918. The Morgan fingerprint density at radius 1 is 1.12 bits per heavy atom. The van der Waals surface area contributed by atoms with E-state index < -0.39 is 0 Å². The van der Waals surface area contributed by atoms with Crippen LogP contribution >= 0.6 is 11.3 Å². The highest BCUT2D eigenvalue weighted by Gasteiger charge is 2.32. The average Bonchev–Trinajstić information content (AvgIpc) is 3.47. The summed E-state index contributed by atoms with van der Waals surface area (Å²) in [4.78, 5) is 16.3. The lowest BCUT2D eigenvalue weighted by Crippen LogP contribution is -2.56. The van der Waals surface area contributed by atoms with Gasteiger partial charge in [0, 0.05) is 67.2 Å². The fourth-order valence-corrected chi connectivity index (χ4v) is 5.61. The fraction of sp³-hybridized carbons (Fsp3) is 0.462. The zero-order chi connectivity index (χ0) is 23.7. The number of aryl methyl sites for hydroxylation is 2. The van der Waals surface area contributed by atoms with Crippen molar-refractivity contribution < 1.29 is 4.52 Å². The van der Waals surface area contributed by atoms with Gasteiger partial charge in [0.15, 0.2) is 6.29 Å². The van der Waals surface area contributed by atoms with Crippen LogP contribution in [0.3, 0.4) is 0 Å². The molecule has 0 amide bonds. The molecule has 1 fully saturated rings. The van der Waals surface area contributed by atoms with Crippen LogP contribution in [0.15, 0.2) is 45.2 Å². The predicted molar refractivity (Wildman–Crippen MR) is 140 cm³/mol. The van der Waals surface area contributed by atoms with E-state index in [-0.39, 0.29) is 6.29 Å². The normalized spacial score (nSPS) is 19.2. The van der Waals surface area contributed by atoms with Crippen molar-refractivity contribution in [1.29, 1.82) is 0 Å². The molecule has 180 valence electrons. The van der Waals surface area contributed by atoms with Gasteiger partial charge < -0.3 is 14.3 Å². The van der Waals surface area contributed by atoms with E-state index in [0.717, 1.165) is 74.0 Å². The van der Waals surface area contributed by atoms with Crippen molar-refractivity contribution >= 4 is 23.2 Å². The summed E-state index contributed by atoms with van der Waals surface area (Å²) in [6.07, 6.45) is 2.08. The molecule has 5 rings (SSSR count). The maximum absolute atomic E-state index is 5.41. The van der Waals surface area contributed by atoms with Crippen molar-refractivity contribution in [3.05, 3.63) is 57.6 Å². The van der Waals surface area contributed by atoms with Crippen LogP contribution in [0, 0.1) is 13.8 Å². The van der Waals surface area contributed by atoms with Gasteiger partial charge >= 0.3 is 0 Å². The lowest BCUT2D eigenvalue weighted by Gasteiger charge is -2.44. The van der Waals surface area contributed by atoms with Crippen LogP contribution in [0.25, 0.3) is 11.1 Å². The quantitative estimate of drug-likeness (QED) is 0.513. The molecular formula is C26H34N6OS. The Hall–Kier alpha value is -2.52. The second-order valence-corrected chi connectivity index (χ2v) is 10.5. The summed E-state index contributed by atoms with van der Waals surface area (Å²) in [6.45, 7) is 11.3. The number of anilines is 1. The van der Waals surface area contributed by atoms with Crippen LogP contribution in [0.4, 0.5) is 5.69 Å². The minimum atomic E-state index is 0.0236. The summed E-state index contributed by atoms with van der Waals surface area (Å²) < 4.78 is 5.41. The smallest absolute Gasteiger partial charge is 0.179 e. The number of rotatable bonds is 7. The number of hydrogen-bond donors (Lipinski definition) is 0. The summed E-state index contributed by atoms with van der Waals surface area (Å²) in [5.41, 5.74) is 5.52.